The first-order valence-electron chi connectivity index (χ1n) is 6.02. The fourth-order valence-electron chi connectivity index (χ4n) is 2.24. The van der Waals surface area contributed by atoms with E-state index in [1.165, 1.54) is 0 Å². The second kappa shape index (κ2) is 4.45. The first-order chi connectivity index (χ1) is 8.03. The smallest absolute Gasteiger partial charge is 0.144 e. The molecule has 3 N–H and O–H groups in total. The Morgan fingerprint density at radius 3 is 2.88 bits per heavy atom. The SMILES string of the molecule is CCOc1cccc(N2CCC(C)(O)C2)c1N. The number of anilines is 2. The average Bonchev–Trinajstić information content (AvgIpc) is 2.62. The zero-order valence-electron chi connectivity index (χ0n) is 10.4. The second-order valence-corrected chi connectivity index (χ2v) is 4.79. The minimum absolute atomic E-state index is 0.603. The predicted octanol–water partition coefficient (Wildman–Crippen LogP) is 1.63. The van der Waals surface area contributed by atoms with Crippen molar-refractivity contribution in [3.63, 3.8) is 0 Å². The van der Waals surface area contributed by atoms with Crippen LogP contribution in [0.4, 0.5) is 11.4 Å². The van der Waals surface area contributed by atoms with E-state index in [1.807, 2.05) is 32.0 Å². The van der Waals surface area contributed by atoms with Gasteiger partial charge in [-0.05, 0) is 32.4 Å². The van der Waals surface area contributed by atoms with Gasteiger partial charge in [-0.2, -0.15) is 0 Å². The number of nitrogens with zero attached hydrogens (tertiary/aromatic N) is 1. The standard InChI is InChI=1S/C13H20N2O2/c1-3-17-11-6-4-5-10(12(11)14)15-8-7-13(2,16)9-15/h4-6,16H,3,7-9,14H2,1-2H3. The Bertz CT molecular complexity index is 404. The van der Waals surface area contributed by atoms with Gasteiger partial charge in [-0.25, -0.2) is 0 Å². The molecule has 0 aromatic heterocycles. The molecule has 1 fully saturated rings. The van der Waals surface area contributed by atoms with E-state index in [4.69, 9.17) is 10.5 Å². The molecule has 0 saturated carbocycles. The molecular formula is C13H20N2O2. The number of β-amino-alcohol motifs (C(OH)–C–C–N with tert-alkyl or cyclic N) is 1. The summed E-state index contributed by atoms with van der Waals surface area (Å²) in [5.41, 5.74) is 7.08. The molecule has 1 aromatic carbocycles. The van der Waals surface area contributed by atoms with Gasteiger partial charge in [0, 0.05) is 13.1 Å². The Labute approximate surface area is 102 Å². The van der Waals surface area contributed by atoms with Gasteiger partial charge < -0.3 is 20.5 Å². The quantitative estimate of drug-likeness (QED) is 0.783. The summed E-state index contributed by atoms with van der Waals surface area (Å²) in [4.78, 5) is 2.11. The van der Waals surface area contributed by atoms with Crippen molar-refractivity contribution in [3.05, 3.63) is 18.2 Å². The van der Waals surface area contributed by atoms with Crippen molar-refractivity contribution in [3.8, 4) is 5.75 Å². The number of para-hydroxylation sites is 1. The molecule has 0 bridgehead atoms. The van der Waals surface area contributed by atoms with Crippen LogP contribution in [-0.4, -0.2) is 30.4 Å². The molecular weight excluding hydrogens is 216 g/mol. The summed E-state index contributed by atoms with van der Waals surface area (Å²) in [6.07, 6.45) is 0.769. The second-order valence-electron chi connectivity index (χ2n) is 4.79. The molecule has 0 aliphatic carbocycles. The highest BCUT2D eigenvalue weighted by atomic mass is 16.5. The molecule has 1 atom stereocenters. The number of ether oxygens (including phenoxy) is 1. The Hall–Kier alpha value is -1.42. The van der Waals surface area contributed by atoms with E-state index in [-0.39, 0.29) is 0 Å². The third-order valence-electron chi connectivity index (χ3n) is 3.14. The van der Waals surface area contributed by atoms with Crippen molar-refractivity contribution in [2.75, 3.05) is 30.3 Å². The summed E-state index contributed by atoms with van der Waals surface area (Å²) in [7, 11) is 0. The van der Waals surface area contributed by atoms with E-state index in [0.29, 0.717) is 18.8 Å². The maximum Gasteiger partial charge on any atom is 0.144 e. The van der Waals surface area contributed by atoms with Crippen LogP contribution in [0, 0.1) is 0 Å². The average molecular weight is 236 g/mol. The maximum absolute atomic E-state index is 9.98. The summed E-state index contributed by atoms with van der Waals surface area (Å²) in [6.45, 7) is 5.84. The highest BCUT2D eigenvalue weighted by Crippen LogP contribution is 2.35. The molecule has 1 saturated heterocycles. The van der Waals surface area contributed by atoms with E-state index in [1.54, 1.807) is 0 Å². The van der Waals surface area contributed by atoms with Crippen LogP contribution in [-0.2, 0) is 0 Å². The van der Waals surface area contributed by atoms with Gasteiger partial charge in [0.1, 0.15) is 5.75 Å². The fraction of sp³-hybridized carbons (Fsp3) is 0.538. The van der Waals surface area contributed by atoms with Gasteiger partial charge in [-0.3, -0.25) is 0 Å². The molecule has 1 aromatic rings. The Kier molecular flexibility index (Phi) is 3.15. The molecule has 0 amide bonds. The highest BCUT2D eigenvalue weighted by molar-refractivity contribution is 5.74. The fourth-order valence-corrected chi connectivity index (χ4v) is 2.24. The summed E-state index contributed by atoms with van der Waals surface area (Å²) in [5, 5.41) is 9.98. The molecule has 4 heteroatoms. The lowest BCUT2D eigenvalue weighted by Gasteiger charge is -2.23. The summed E-state index contributed by atoms with van der Waals surface area (Å²) < 4.78 is 5.47. The van der Waals surface area contributed by atoms with Crippen LogP contribution < -0.4 is 15.4 Å². The highest BCUT2D eigenvalue weighted by Gasteiger charge is 2.32. The number of nitrogen functional groups attached to an aromatic ring is 1. The van der Waals surface area contributed by atoms with Crippen LogP contribution in [0.15, 0.2) is 18.2 Å². The Morgan fingerprint density at radius 1 is 1.53 bits per heavy atom. The van der Waals surface area contributed by atoms with E-state index in [9.17, 15) is 5.11 Å². The third kappa shape index (κ3) is 2.47. The van der Waals surface area contributed by atoms with Gasteiger partial charge in [-0.15, -0.1) is 0 Å². The summed E-state index contributed by atoms with van der Waals surface area (Å²) in [5.74, 6) is 0.719. The zero-order chi connectivity index (χ0) is 12.5. The summed E-state index contributed by atoms with van der Waals surface area (Å²) in [6, 6.07) is 5.78. The molecule has 1 aliphatic heterocycles. The van der Waals surface area contributed by atoms with Crippen molar-refractivity contribution in [1.82, 2.24) is 0 Å². The van der Waals surface area contributed by atoms with Gasteiger partial charge in [0.05, 0.1) is 23.6 Å². The minimum Gasteiger partial charge on any atom is -0.492 e. The predicted molar refractivity (Wildman–Crippen MR) is 69.5 cm³/mol. The summed E-state index contributed by atoms with van der Waals surface area (Å²) >= 11 is 0. The zero-order valence-corrected chi connectivity index (χ0v) is 10.4. The van der Waals surface area contributed by atoms with Crippen molar-refractivity contribution >= 4 is 11.4 Å². The molecule has 0 spiro atoms. The monoisotopic (exact) mass is 236 g/mol. The van der Waals surface area contributed by atoms with E-state index < -0.39 is 5.60 Å². The van der Waals surface area contributed by atoms with Crippen LogP contribution in [0.25, 0.3) is 0 Å². The number of hydrogen-bond donors (Lipinski definition) is 2. The van der Waals surface area contributed by atoms with E-state index >= 15 is 0 Å². The topological polar surface area (TPSA) is 58.7 Å². The lowest BCUT2D eigenvalue weighted by atomic mass is 10.1. The van der Waals surface area contributed by atoms with Gasteiger partial charge in [0.2, 0.25) is 0 Å². The molecule has 2 rings (SSSR count). The van der Waals surface area contributed by atoms with Gasteiger partial charge in [0.15, 0.2) is 0 Å². The first kappa shape index (κ1) is 12.0. The largest absolute Gasteiger partial charge is 0.492 e. The van der Waals surface area contributed by atoms with Crippen LogP contribution in [0.1, 0.15) is 20.3 Å². The number of benzene rings is 1. The molecule has 1 aliphatic rings. The molecule has 0 radical (unpaired) electrons. The normalized spacial score (nSPS) is 24.1. The molecule has 1 heterocycles. The van der Waals surface area contributed by atoms with Crippen molar-refractivity contribution < 1.29 is 9.84 Å². The minimum atomic E-state index is -0.617. The number of nitrogens with two attached hydrogens (primary N) is 1. The van der Waals surface area contributed by atoms with E-state index in [2.05, 4.69) is 4.90 Å². The van der Waals surface area contributed by atoms with Crippen molar-refractivity contribution in [2.24, 2.45) is 0 Å². The lowest BCUT2D eigenvalue weighted by Crippen LogP contribution is -2.29. The lowest BCUT2D eigenvalue weighted by molar-refractivity contribution is 0.0839. The van der Waals surface area contributed by atoms with Gasteiger partial charge in [0.25, 0.3) is 0 Å². The van der Waals surface area contributed by atoms with Crippen molar-refractivity contribution in [1.29, 1.82) is 0 Å². The Morgan fingerprint density at radius 2 is 2.29 bits per heavy atom. The number of hydrogen-bond acceptors (Lipinski definition) is 4. The Balaban J connectivity index is 2.24. The third-order valence-corrected chi connectivity index (χ3v) is 3.14. The molecule has 4 nitrogen and oxygen atoms in total. The molecule has 1 unspecified atom stereocenters. The maximum atomic E-state index is 9.98. The van der Waals surface area contributed by atoms with Crippen LogP contribution in [0.3, 0.4) is 0 Å². The van der Waals surface area contributed by atoms with Gasteiger partial charge in [-0.1, -0.05) is 6.07 Å². The number of rotatable bonds is 3. The van der Waals surface area contributed by atoms with Crippen molar-refractivity contribution in [2.45, 2.75) is 25.9 Å². The first-order valence-corrected chi connectivity index (χ1v) is 6.02. The van der Waals surface area contributed by atoms with E-state index in [0.717, 1.165) is 24.4 Å². The van der Waals surface area contributed by atoms with Crippen LogP contribution in [0.5, 0.6) is 5.75 Å². The van der Waals surface area contributed by atoms with Crippen LogP contribution in [0.2, 0.25) is 0 Å². The number of aliphatic hydroxyl groups is 1. The van der Waals surface area contributed by atoms with Gasteiger partial charge >= 0.3 is 0 Å². The molecule has 17 heavy (non-hydrogen) atoms. The molecule has 94 valence electrons. The van der Waals surface area contributed by atoms with Crippen LogP contribution >= 0.6 is 0 Å².